The summed E-state index contributed by atoms with van der Waals surface area (Å²) in [6.07, 6.45) is 0. The molecule has 0 saturated heterocycles. The van der Waals surface area contributed by atoms with Crippen molar-refractivity contribution < 1.29 is 9.63 Å². The highest BCUT2D eigenvalue weighted by molar-refractivity contribution is 5.93. The van der Waals surface area contributed by atoms with E-state index in [1.165, 1.54) is 7.11 Å². The van der Waals surface area contributed by atoms with Crippen molar-refractivity contribution in [1.82, 2.24) is 5.48 Å². The zero-order valence-corrected chi connectivity index (χ0v) is 8.57. The lowest BCUT2D eigenvalue weighted by atomic mass is 10.2. The molecule has 0 heterocycles. The van der Waals surface area contributed by atoms with Crippen LogP contribution in [0.25, 0.3) is 0 Å². The Morgan fingerprint density at radius 2 is 1.86 bits per heavy atom. The summed E-state index contributed by atoms with van der Waals surface area (Å²) in [5.74, 6) is -0.238. The van der Waals surface area contributed by atoms with Crippen LogP contribution in [0, 0.1) is 0 Å². The quantitative estimate of drug-likeness (QED) is 0.731. The van der Waals surface area contributed by atoms with Crippen molar-refractivity contribution in [2.24, 2.45) is 0 Å². The highest BCUT2D eigenvalue weighted by atomic mass is 16.6. The number of hydrogen-bond donors (Lipinski definition) is 1. The summed E-state index contributed by atoms with van der Waals surface area (Å²) in [6.45, 7) is 0. The molecule has 1 amide bonds. The third kappa shape index (κ3) is 2.47. The van der Waals surface area contributed by atoms with E-state index in [4.69, 9.17) is 0 Å². The van der Waals surface area contributed by atoms with Crippen molar-refractivity contribution in [2.75, 3.05) is 26.1 Å². The maximum absolute atomic E-state index is 11.3. The van der Waals surface area contributed by atoms with Gasteiger partial charge in [0.25, 0.3) is 5.91 Å². The predicted octanol–water partition coefficient (Wildman–Crippen LogP) is 1.04. The van der Waals surface area contributed by atoms with E-state index in [1.54, 1.807) is 12.1 Å². The monoisotopic (exact) mass is 194 g/mol. The van der Waals surface area contributed by atoms with Crippen molar-refractivity contribution in [3.05, 3.63) is 29.8 Å². The summed E-state index contributed by atoms with van der Waals surface area (Å²) in [6, 6.07) is 7.27. The summed E-state index contributed by atoms with van der Waals surface area (Å²) in [7, 11) is 5.31. The molecule has 76 valence electrons. The van der Waals surface area contributed by atoms with Crippen LogP contribution in [0.5, 0.6) is 0 Å². The summed E-state index contributed by atoms with van der Waals surface area (Å²) in [4.78, 5) is 17.8. The number of hydroxylamine groups is 1. The molecule has 0 atom stereocenters. The van der Waals surface area contributed by atoms with Crippen LogP contribution in [0.15, 0.2) is 24.3 Å². The molecule has 0 radical (unpaired) electrons. The fourth-order valence-electron chi connectivity index (χ4n) is 1.06. The lowest BCUT2D eigenvalue weighted by Crippen LogP contribution is -2.21. The van der Waals surface area contributed by atoms with E-state index in [0.29, 0.717) is 5.56 Å². The second kappa shape index (κ2) is 4.62. The van der Waals surface area contributed by atoms with E-state index in [1.807, 2.05) is 31.1 Å². The van der Waals surface area contributed by atoms with Gasteiger partial charge in [-0.3, -0.25) is 9.63 Å². The Morgan fingerprint density at radius 3 is 2.29 bits per heavy atom. The van der Waals surface area contributed by atoms with Crippen molar-refractivity contribution in [3.8, 4) is 0 Å². The molecule has 0 saturated carbocycles. The average molecular weight is 194 g/mol. The molecular formula is C10H14N2O2. The first kappa shape index (κ1) is 10.5. The number of nitrogens with zero attached hydrogens (tertiary/aromatic N) is 1. The van der Waals surface area contributed by atoms with E-state index in [9.17, 15) is 4.79 Å². The van der Waals surface area contributed by atoms with Crippen molar-refractivity contribution in [2.45, 2.75) is 0 Å². The van der Waals surface area contributed by atoms with Crippen LogP contribution in [0.2, 0.25) is 0 Å². The molecule has 0 aromatic heterocycles. The largest absolute Gasteiger partial charge is 0.378 e. The Hall–Kier alpha value is -1.55. The van der Waals surface area contributed by atoms with Crippen molar-refractivity contribution >= 4 is 11.6 Å². The van der Waals surface area contributed by atoms with Gasteiger partial charge in [0.15, 0.2) is 0 Å². The Balaban J connectivity index is 2.78. The van der Waals surface area contributed by atoms with Gasteiger partial charge in [0, 0.05) is 25.3 Å². The predicted molar refractivity (Wildman–Crippen MR) is 55.2 cm³/mol. The molecule has 0 bridgehead atoms. The minimum atomic E-state index is -0.238. The summed E-state index contributed by atoms with van der Waals surface area (Å²) < 4.78 is 0. The van der Waals surface area contributed by atoms with Gasteiger partial charge in [-0.15, -0.1) is 0 Å². The molecular weight excluding hydrogens is 180 g/mol. The highest BCUT2D eigenvalue weighted by Gasteiger charge is 2.04. The maximum atomic E-state index is 11.3. The van der Waals surface area contributed by atoms with Gasteiger partial charge in [0.1, 0.15) is 0 Å². The third-order valence-corrected chi connectivity index (χ3v) is 1.84. The smallest absolute Gasteiger partial charge is 0.274 e. The van der Waals surface area contributed by atoms with Crippen LogP contribution < -0.4 is 10.4 Å². The van der Waals surface area contributed by atoms with Gasteiger partial charge >= 0.3 is 0 Å². The number of carbonyl (C=O) groups excluding carboxylic acids is 1. The minimum Gasteiger partial charge on any atom is -0.378 e. The Labute approximate surface area is 83.4 Å². The topological polar surface area (TPSA) is 41.6 Å². The number of benzene rings is 1. The van der Waals surface area contributed by atoms with Crippen LogP contribution in [0.3, 0.4) is 0 Å². The van der Waals surface area contributed by atoms with E-state index < -0.39 is 0 Å². The number of anilines is 1. The molecule has 4 heteroatoms. The first-order chi connectivity index (χ1) is 6.65. The molecule has 0 aliphatic rings. The van der Waals surface area contributed by atoms with Crippen LogP contribution in [-0.2, 0) is 4.84 Å². The molecule has 4 nitrogen and oxygen atoms in total. The van der Waals surface area contributed by atoms with Crippen LogP contribution in [0.1, 0.15) is 10.4 Å². The minimum absolute atomic E-state index is 0.238. The Morgan fingerprint density at radius 1 is 1.29 bits per heavy atom. The summed E-state index contributed by atoms with van der Waals surface area (Å²) in [5.41, 5.74) is 3.89. The van der Waals surface area contributed by atoms with Gasteiger partial charge in [-0.2, -0.15) is 0 Å². The SMILES string of the molecule is CONC(=O)c1ccc(N(C)C)cc1. The van der Waals surface area contributed by atoms with Gasteiger partial charge in [-0.25, -0.2) is 5.48 Å². The molecule has 0 unspecified atom stereocenters. The Kier molecular flexibility index (Phi) is 3.48. The molecule has 0 fully saturated rings. The molecule has 0 aliphatic carbocycles. The van der Waals surface area contributed by atoms with E-state index in [2.05, 4.69) is 10.3 Å². The van der Waals surface area contributed by atoms with Crippen molar-refractivity contribution in [3.63, 3.8) is 0 Å². The molecule has 1 aromatic rings. The van der Waals surface area contributed by atoms with E-state index in [0.717, 1.165) is 5.69 Å². The van der Waals surface area contributed by atoms with Crippen LogP contribution in [-0.4, -0.2) is 27.1 Å². The van der Waals surface area contributed by atoms with Gasteiger partial charge in [0.05, 0.1) is 7.11 Å². The number of amides is 1. The van der Waals surface area contributed by atoms with Gasteiger partial charge < -0.3 is 4.90 Å². The van der Waals surface area contributed by atoms with Crippen LogP contribution in [0.4, 0.5) is 5.69 Å². The summed E-state index contributed by atoms with van der Waals surface area (Å²) in [5, 5.41) is 0. The first-order valence-corrected chi connectivity index (χ1v) is 4.26. The third-order valence-electron chi connectivity index (χ3n) is 1.84. The average Bonchev–Trinajstić information content (AvgIpc) is 2.18. The van der Waals surface area contributed by atoms with Gasteiger partial charge in [-0.05, 0) is 24.3 Å². The lowest BCUT2D eigenvalue weighted by Gasteiger charge is -2.12. The number of hydrogen-bond acceptors (Lipinski definition) is 3. The van der Waals surface area contributed by atoms with Crippen LogP contribution >= 0.6 is 0 Å². The maximum Gasteiger partial charge on any atom is 0.274 e. The van der Waals surface area contributed by atoms with Gasteiger partial charge in [0.2, 0.25) is 0 Å². The number of carbonyl (C=O) groups is 1. The molecule has 1 rings (SSSR count). The van der Waals surface area contributed by atoms with Crippen molar-refractivity contribution in [1.29, 1.82) is 0 Å². The lowest BCUT2D eigenvalue weighted by molar-refractivity contribution is 0.0537. The van der Waals surface area contributed by atoms with E-state index >= 15 is 0 Å². The molecule has 1 aromatic carbocycles. The zero-order valence-electron chi connectivity index (χ0n) is 8.57. The van der Waals surface area contributed by atoms with E-state index in [-0.39, 0.29) is 5.91 Å². The summed E-state index contributed by atoms with van der Waals surface area (Å²) >= 11 is 0. The zero-order chi connectivity index (χ0) is 10.6. The molecule has 0 spiro atoms. The molecule has 14 heavy (non-hydrogen) atoms. The standard InChI is InChI=1S/C10H14N2O2/c1-12(2)9-6-4-8(5-7-9)10(13)11-14-3/h4-7H,1-3H3,(H,11,13). The Bertz CT molecular complexity index is 306. The number of nitrogens with one attached hydrogen (secondary N) is 1. The second-order valence-corrected chi connectivity index (χ2v) is 3.08. The number of rotatable bonds is 3. The second-order valence-electron chi connectivity index (χ2n) is 3.08. The molecule has 1 N–H and O–H groups in total. The fraction of sp³-hybridized carbons (Fsp3) is 0.300. The highest BCUT2D eigenvalue weighted by Crippen LogP contribution is 2.11. The van der Waals surface area contributed by atoms with Gasteiger partial charge in [-0.1, -0.05) is 0 Å². The molecule has 0 aliphatic heterocycles. The fourth-order valence-corrected chi connectivity index (χ4v) is 1.06. The first-order valence-electron chi connectivity index (χ1n) is 4.26. The normalized spacial score (nSPS) is 9.64.